The zero-order valence-corrected chi connectivity index (χ0v) is 9.20. The van der Waals surface area contributed by atoms with Crippen molar-refractivity contribution in [2.75, 3.05) is 19.0 Å². The number of carbonyl (C=O) groups is 2. The lowest BCUT2D eigenvalue weighted by Gasteiger charge is -2.02. The lowest BCUT2D eigenvalue weighted by molar-refractivity contribution is 0.0526. The number of nitrogens with one attached hydrogen (secondary N) is 1. The molecule has 0 radical (unpaired) electrons. The summed E-state index contributed by atoms with van der Waals surface area (Å²) in [7, 11) is 1.20. The van der Waals surface area contributed by atoms with Gasteiger partial charge >= 0.3 is 12.1 Å². The van der Waals surface area contributed by atoms with Crippen LogP contribution in [0.15, 0.2) is 4.52 Å². The van der Waals surface area contributed by atoms with E-state index in [-0.39, 0.29) is 18.1 Å². The first-order valence-electron chi connectivity index (χ1n) is 4.58. The molecule has 0 spiro atoms. The fraction of sp³-hybridized carbons (Fsp3) is 0.444. The van der Waals surface area contributed by atoms with Crippen LogP contribution in [0.4, 0.5) is 10.7 Å². The second-order valence-electron chi connectivity index (χ2n) is 2.81. The molecule has 1 aromatic heterocycles. The SMILES string of the molecule is CCOC(=O)c1c(C)noc1NC(=O)OC. The van der Waals surface area contributed by atoms with E-state index in [1.807, 2.05) is 0 Å². The van der Waals surface area contributed by atoms with E-state index in [4.69, 9.17) is 9.26 Å². The molecule has 16 heavy (non-hydrogen) atoms. The molecule has 0 atom stereocenters. The van der Waals surface area contributed by atoms with E-state index < -0.39 is 12.1 Å². The van der Waals surface area contributed by atoms with Gasteiger partial charge < -0.3 is 14.0 Å². The van der Waals surface area contributed by atoms with Crippen LogP contribution in [-0.4, -0.2) is 30.9 Å². The van der Waals surface area contributed by atoms with Crippen LogP contribution in [0.25, 0.3) is 0 Å². The number of aromatic nitrogens is 1. The highest BCUT2D eigenvalue weighted by atomic mass is 16.5. The number of esters is 1. The van der Waals surface area contributed by atoms with Gasteiger partial charge in [-0.05, 0) is 13.8 Å². The molecule has 0 fully saturated rings. The van der Waals surface area contributed by atoms with Gasteiger partial charge in [-0.15, -0.1) is 0 Å². The van der Waals surface area contributed by atoms with E-state index in [0.717, 1.165) is 0 Å². The fourth-order valence-electron chi connectivity index (χ4n) is 1.04. The van der Waals surface area contributed by atoms with Crippen LogP contribution in [0.2, 0.25) is 0 Å². The maximum Gasteiger partial charge on any atom is 0.413 e. The number of methoxy groups -OCH3 is 1. The minimum Gasteiger partial charge on any atom is -0.462 e. The summed E-state index contributed by atoms with van der Waals surface area (Å²) in [5.41, 5.74) is 0.428. The van der Waals surface area contributed by atoms with Gasteiger partial charge in [0.2, 0.25) is 5.88 Å². The molecule has 1 rings (SSSR count). The van der Waals surface area contributed by atoms with Crippen LogP contribution in [0.3, 0.4) is 0 Å². The Morgan fingerprint density at radius 1 is 1.50 bits per heavy atom. The maximum absolute atomic E-state index is 11.5. The lowest BCUT2D eigenvalue weighted by atomic mass is 10.2. The van der Waals surface area contributed by atoms with Crippen LogP contribution < -0.4 is 5.32 Å². The molecule has 0 aliphatic carbocycles. The Labute approximate surface area is 91.7 Å². The Morgan fingerprint density at radius 2 is 2.19 bits per heavy atom. The predicted octanol–water partition coefficient (Wildman–Crippen LogP) is 1.34. The van der Waals surface area contributed by atoms with Gasteiger partial charge in [-0.3, -0.25) is 5.32 Å². The maximum atomic E-state index is 11.5. The molecule has 1 aromatic rings. The van der Waals surface area contributed by atoms with E-state index in [2.05, 4.69) is 15.2 Å². The Kier molecular flexibility index (Phi) is 3.87. The van der Waals surface area contributed by atoms with E-state index in [1.165, 1.54) is 7.11 Å². The van der Waals surface area contributed by atoms with Crippen LogP contribution in [0.1, 0.15) is 23.0 Å². The predicted molar refractivity (Wildman–Crippen MR) is 53.2 cm³/mol. The molecule has 0 aromatic carbocycles. The smallest absolute Gasteiger partial charge is 0.413 e. The molecule has 7 nitrogen and oxygen atoms in total. The topological polar surface area (TPSA) is 90.7 Å². The summed E-state index contributed by atoms with van der Waals surface area (Å²) in [6.07, 6.45) is -0.748. The fourth-order valence-corrected chi connectivity index (χ4v) is 1.04. The van der Waals surface area contributed by atoms with Gasteiger partial charge in [0.05, 0.1) is 19.4 Å². The van der Waals surface area contributed by atoms with Crippen molar-refractivity contribution < 1.29 is 23.6 Å². The van der Waals surface area contributed by atoms with Gasteiger partial charge in [0, 0.05) is 0 Å². The minimum absolute atomic E-state index is 0.0807. The highest BCUT2D eigenvalue weighted by Crippen LogP contribution is 2.20. The highest BCUT2D eigenvalue weighted by molar-refractivity contribution is 5.98. The molecule has 0 saturated heterocycles. The summed E-state index contributed by atoms with van der Waals surface area (Å²) in [6, 6.07) is 0. The number of aryl methyl sites for hydroxylation is 1. The van der Waals surface area contributed by atoms with Crippen LogP contribution in [0, 0.1) is 6.92 Å². The average Bonchev–Trinajstić information content (AvgIpc) is 2.60. The normalized spacial score (nSPS) is 9.69. The third kappa shape index (κ3) is 2.50. The molecule has 0 saturated carbocycles. The Hall–Kier alpha value is -2.05. The number of anilines is 1. The standard InChI is InChI=1S/C9H12N2O5/c1-4-15-8(12)6-5(2)11-16-7(6)10-9(13)14-3/h4H2,1-3H3,(H,10,13). The van der Waals surface area contributed by atoms with Gasteiger partial charge in [-0.1, -0.05) is 5.16 Å². The van der Waals surface area contributed by atoms with Crippen LogP contribution in [-0.2, 0) is 9.47 Å². The van der Waals surface area contributed by atoms with Crippen molar-refractivity contribution in [2.24, 2.45) is 0 Å². The average molecular weight is 228 g/mol. The zero-order valence-electron chi connectivity index (χ0n) is 9.20. The number of hydrogen-bond donors (Lipinski definition) is 1. The summed E-state index contributed by atoms with van der Waals surface area (Å²) in [5, 5.41) is 5.79. The third-order valence-electron chi connectivity index (χ3n) is 1.74. The second-order valence-corrected chi connectivity index (χ2v) is 2.81. The quantitative estimate of drug-likeness (QED) is 0.785. The van der Waals surface area contributed by atoms with E-state index in [9.17, 15) is 9.59 Å². The summed E-state index contributed by atoms with van der Waals surface area (Å²) in [4.78, 5) is 22.5. The summed E-state index contributed by atoms with van der Waals surface area (Å²) in [5.74, 6) is -0.685. The van der Waals surface area contributed by atoms with E-state index >= 15 is 0 Å². The molecular formula is C9H12N2O5. The van der Waals surface area contributed by atoms with Gasteiger partial charge in [-0.2, -0.15) is 0 Å². The molecule has 1 N–H and O–H groups in total. The molecule has 0 unspecified atom stereocenters. The first-order chi connectivity index (χ1) is 7.60. The van der Waals surface area contributed by atoms with Crippen molar-refractivity contribution in [1.29, 1.82) is 0 Å². The number of amides is 1. The Bertz CT molecular complexity index is 399. The van der Waals surface area contributed by atoms with Crippen LogP contribution in [0.5, 0.6) is 0 Å². The zero-order chi connectivity index (χ0) is 12.1. The second kappa shape index (κ2) is 5.15. The Morgan fingerprint density at radius 3 is 2.75 bits per heavy atom. The summed E-state index contributed by atoms with van der Waals surface area (Å²) < 4.78 is 13.9. The molecule has 0 bridgehead atoms. The molecule has 1 amide bonds. The summed E-state index contributed by atoms with van der Waals surface area (Å²) >= 11 is 0. The first-order valence-corrected chi connectivity index (χ1v) is 4.58. The van der Waals surface area contributed by atoms with Crippen molar-refractivity contribution >= 4 is 17.9 Å². The van der Waals surface area contributed by atoms with Crippen molar-refractivity contribution in [3.63, 3.8) is 0 Å². The van der Waals surface area contributed by atoms with E-state index in [0.29, 0.717) is 5.69 Å². The van der Waals surface area contributed by atoms with E-state index in [1.54, 1.807) is 13.8 Å². The van der Waals surface area contributed by atoms with Crippen molar-refractivity contribution in [3.05, 3.63) is 11.3 Å². The Balaban J connectivity index is 2.93. The third-order valence-corrected chi connectivity index (χ3v) is 1.74. The number of nitrogens with zero attached hydrogens (tertiary/aromatic N) is 1. The first kappa shape index (κ1) is 12.0. The number of rotatable bonds is 3. The molecule has 0 aliphatic heterocycles. The van der Waals surface area contributed by atoms with Crippen molar-refractivity contribution in [3.8, 4) is 0 Å². The minimum atomic E-state index is -0.748. The number of hydrogen-bond acceptors (Lipinski definition) is 6. The van der Waals surface area contributed by atoms with Gasteiger partial charge in [0.25, 0.3) is 0 Å². The van der Waals surface area contributed by atoms with Crippen LogP contribution >= 0.6 is 0 Å². The molecule has 1 heterocycles. The number of ether oxygens (including phenoxy) is 2. The molecular weight excluding hydrogens is 216 g/mol. The molecule has 88 valence electrons. The monoisotopic (exact) mass is 228 g/mol. The molecule has 7 heteroatoms. The highest BCUT2D eigenvalue weighted by Gasteiger charge is 2.23. The summed E-state index contributed by atoms with van der Waals surface area (Å²) in [6.45, 7) is 3.47. The van der Waals surface area contributed by atoms with Crippen molar-refractivity contribution in [2.45, 2.75) is 13.8 Å². The molecule has 0 aliphatic rings. The largest absolute Gasteiger partial charge is 0.462 e. The van der Waals surface area contributed by atoms with Gasteiger partial charge in [-0.25, -0.2) is 9.59 Å². The van der Waals surface area contributed by atoms with Crippen molar-refractivity contribution in [1.82, 2.24) is 5.16 Å². The lowest BCUT2D eigenvalue weighted by Crippen LogP contribution is -2.14. The van der Waals surface area contributed by atoms with Gasteiger partial charge in [0.15, 0.2) is 0 Å². The van der Waals surface area contributed by atoms with Gasteiger partial charge in [0.1, 0.15) is 5.56 Å². The number of carbonyl (C=O) groups excluding carboxylic acids is 2.